The zero-order valence-corrected chi connectivity index (χ0v) is 16.7. The summed E-state index contributed by atoms with van der Waals surface area (Å²) in [5.41, 5.74) is -0.278. The molecule has 0 bridgehead atoms. The average molecular weight is 446 g/mol. The first-order valence-corrected chi connectivity index (χ1v) is 9.40. The van der Waals surface area contributed by atoms with Crippen LogP contribution in [0.2, 0.25) is 5.02 Å². The Morgan fingerprint density at radius 3 is 2.23 bits per heavy atom. The molecule has 31 heavy (non-hydrogen) atoms. The first-order chi connectivity index (χ1) is 14.8. The van der Waals surface area contributed by atoms with Gasteiger partial charge in [-0.25, -0.2) is 0 Å². The minimum atomic E-state index is -4.50. The van der Waals surface area contributed by atoms with Gasteiger partial charge in [0.2, 0.25) is 0 Å². The Morgan fingerprint density at radius 1 is 1.00 bits per heavy atom. The predicted octanol–water partition coefficient (Wildman–Crippen LogP) is 6.41. The van der Waals surface area contributed by atoms with E-state index in [1.807, 2.05) is 6.07 Å². The summed E-state index contributed by atoms with van der Waals surface area (Å²) in [6.45, 7) is -0.294. The molecule has 0 N–H and O–H groups in total. The van der Waals surface area contributed by atoms with Crippen LogP contribution < -0.4 is 9.47 Å². The zero-order chi connectivity index (χ0) is 22.4. The van der Waals surface area contributed by atoms with Crippen molar-refractivity contribution < 1.29 is 27.4 Å². The van der Waals surface area contributed by atoms with Gasteiger partial charge in [0.1, 0.15) is 29.8 Å². The Kier molecular flexibility index (Phi) is 6.83. The van der Waals surface area contributed by atoms with Crippen LogP contribution in [0, 0.1) is 11.3 Å². The van der Waals surface area contributed by atoms with Crippen molar-refractivity contribution in [1.29, 1.82) is 5.26 Å². The standard InChI is InChI=1S/C23H15ClF3NO3/c24-20-12-16(23(25,26)27)6-11-22(20)31-18-9-7-17(8-10-18)30-14-21(29)19(13-28)15-4-2-1-3-5-15/h1-12,19H,14H2. The fourth-order valence-electron chi connectivity index (χ4n) is 2.71. The average Bonchev–Trinajstić information content (AvgIpc) is 2.75. The Bertz CT molecular complexity index is 1090. The summed E-state index contributed by atoms with van der Waals surface area (Å²) < 4.78 is 49.1. The number of rotatable bonds is 7. The molecule has 0 heterocycles. The van der Waals surface area contributed by atoms with E-state index in [9.17, 15) is 23.2 Å². The summed E-state index contributed by atoms with van der Waals surface area (Å²) in [5, 5.41) is 9.11. The highest BCUT2D eigenvalue weighted by molar-refractivity contribution is 6.32. The molecule has 0 spiro atoms. The summed E-state index contributed by atoms with van der Waals surface area (Å²) >= 11 is 5.88. The molecule has 3 rings (SSSR count). The van der Waals surface area contributed by atoms with Crippen LogP contribution in [0.15, 0.2) is 72.8 Å². The highest BCUT2D eigenvalue weighted by Crippen LogP contribution is 2.36. The van der Waals surface area contributed by atoms with Gasteiger partial charge in [-0.2, -0.15) is 18.4 Å². The molecule has 0 saturated heterocycles. The second-order valence-corrected chi connectivity index (χ2v) is 6.85. The lowest BCUT2D eigenvalue weighted by molar-refractivity contribution is -0.137. The van der Waals surface area contributed by atoms with Crippen LogP contribution in [-0.4, -0.2) is 12.4 Å². The lowest BCUT2D eigenvalue weighted by Gasteiger charge is -2.12. The summed E-state index contributed by atoms with van der Waals surface area (Å²) in [6.07, 6.45) is -4.50. The Morgan fingerprint density at radius 2 is 1.65 bits per heavy atom. The van der Waals surface area contributed by atoms with E-state index in [0.29, 0.717) is 17.1 Å². The van der Waals surface area contributed by atoms with Crippen LogP contribution in [0.5, 0.6) is 17.2 Å². The minimum absolute atomic E-state index is 0.0678. The first-order valence-electron chi connectivity index (χ1n) is 9.02. The fraction of sp³-hybridized carbons (Fsp3) is 0.130. The number of nitrogens with zero attached hydrogens (tertiary/aromatic N) is 1. The number of ether oxygens (including phenoxy) is 2. The molecule has 3 aromatic carbocycles. The highest BCUT2D eigenvalue weighted by atomic mass is 35.5. The maximum Gasteiger partial charge on any atom is 0.416 e. The number of halogens is 4. The number of carbonyl (C=O) groups is 1. The number of alkyl halides is 3. The first kappa shape index (κ1) is 22.2. The maximum absolute atomic E-state index is 12.7. The zero-order valence-electron chi connectivity index (χ0n) is 15.9. The number of ketones is 1. The van der Waals surface area contributed by atoms with E-state index in [2.05, 4.69) is 0 Å². The van der Waals surface area contributed by atoms with Crippen molar-refractivity contribution in [3.05, 3.63) is 88.9 Å². The fourth-order valence-corrected chi connectivity index (χ4v) is 2.93. The van der Waals surface area contributed by atoms with Gasteiger partial charge in [0.05, 0.1) is 16.7 Å². The van der Waals surface area contributed by atoms with E-state index in [4.69, 9.17) is 21.1 Å². The topological polar surface area (TPSA) is 59.3 Å². The van der Waals surface area contributed by atoms with E-state index in [0.717, 1.165) is 18.2 Å². The third kappa shape index (κ3) is 5.77. The molecular formula is C23H15ClF3NO3. The molecule has 158 valence electrons. The van der Waals surface area contributed by atoms with Crippen LogP contribution in [0.4, 0.5) is 13.2 Å². The molecule has 0 saturated carbocycles. The number of Topliss-reactive ketones (excluding diaryl/α,β-unsaturated/α-hetero) is 1. The smallest absolute Gasteiger partial charge is 0.416 e. The Balaban J connectivity index is 1.61. The lowest BCUT2D eigenvalue weighted by atomic mass is 9.97. The van der Waals surface area contributed by atoms with E-state index in [-0.39, 0.29) is 23.2 Å². The second kappa shape index (κ2) is 9.54. The molecule has 3 aromatic rings. The van der Waals surface area contributed by atoms with E-state index in [1.54, 1.807) is 30.3 Å². The molecule has 4 nitrogen and oxygen atoms in total. The molecule has 1 unspecified atom stereocenters. The quantitative estimate of drug-likeness (QED) is 0.422. The van der Waals surface area contributed by atoms with Gasteiger partial charge in [-0.15, -0.1) is 0 Å². The molecule has 1 atom stereocenters. The predicted molar refractivity (Wildman–Crippen MR) is 108 cm³/mol. The van der Waals surface area contributed by atoms with Crippen molar-refractivity contribution in [2.24, 2.45) is 0 Å². The van der Waals surface area contributed by atoms with Crippen molar-refractivity contribution in [1.82, 2.24) is 0 Å². The van der Waals surface area contributed by atoms with Gasteiger partial charge < -0.3 is 9.47 Å². The molecule has 0 aliphatic carbocycles. The summed E-state index contributed by atoms with van der Waals surface area (Å²) in [5.74, 6) is -0.557. The van der Waals surface area contributed by atoms with Gasteiger partial charge in [0.15, 0.2) is 5.78 Å². The number of nitriles is 1. The van der Waals surface area contributed by atoms with Crippen molar-refractivity contribution in [3.63, 3.8) is 0 Å². The van der Waals surface area contributed by atoms with Crippen molar-refractivity contribution in [2.75, 3.05) is 6.61 Å². The van der Waals surface area contributed by atoms with E-state index in [1.165, 1.54) is 24.3 Å². The van der Waals surface area contributed by atoms with Crippen LogP contribution in [0.3, 0.4) is 0 Å². The molecule has 8 heteroatoms. The third-order valence-corrected chi connectivity index (χ3v) is 4.57. The number of benzene rings is 3. The maximum atomic E-state index is 12.7. The second-order valence-electron chi connectivity index (χ2n) is 6.44. The summed E-state index contributed by atoms with van der Waals surface area (Å²) in [7, 11) is 0. The van der Waals surface area contributed by atoms with Crippen LogP contribution in [0.25, 0.3) is 0 Å². The third-order valence-electron chi connectivity index (χ3n) is 4.28. The SMILES string of the molecule is N#CC(C(=O)COc1ccc(Oc2ccc(C(F)(F)F)cc2Cl)cc1)c1ccccc1. The molecule has 0 aromatic heterocycles. The lowest BCUT2D eigenvalue weighted by Crippen LogP contribution is -2.19. The minimum Gasteiger partial charge on any atom is -0.486 e. The van der Waals surface area contributed by atoms with Gasteiger partial charge in [-0.1, -0.05) is 41.9 Å². The van der Waals surface area contributed by atoms with Gasteiger partial charge in [-0.05, 0) is 48.0 Å². The normalized spacial score (nSPS) is 12.0. The van der Waals surface area contributed by atoms with Crippen molar-refractivity contribution in [3.8, 4) is 23.3 Å². The molecule has 0 amide bonds. The molecule has 0 radical (unpaired) electrons. The Hall–Kier alpha value is -3.50. The largest absolute Gasteiger partial charge is 0.486 e. The monoisotopic (exact) mass is 445 g/mol. The van der Waals surface area contributed by atoms with Crippen LogP contribution in [0.1, 0.15) is 17.0 Å². The van der Waals surface area contributed by atoms with Gasteiger partial charge >= 0.3 is 6.18 Å². The van der Waals surface area contributed by atoms with Crippen molar-refractivity contribution >= 4 is 17.4 Å². The summed E-state index contributed by atoms with van der Waals surface area (Å²) in [6, 6.07) is 19.6. The number of hydrogen-bond acceptors (Lipinski definition) is 4. The van der Waals surface area contributed by atoms with Crippen LogP contribution >= 0.6 is 11.6 Å². The molecule has 0 aliphatic heterocycles. The van der Waals surface area contributed by atoms with Crippen LogP contribution in [-0.2, 0) is 11.0 Å². The van der Waals surface area contributed by atoms with E-state index < -0.39 is 17.7 Å². The van der Waals surface area contributed by atoms with Gasteiger partial charge in [0.25, 0.3) is 0 Å². The van der Waals surface area contributed by atoms with Gasteiger partial charge in [-0.3, -0.25) is 4.79 Å². The summed E-state index contributed by atoms with van der Waals surface area (Å²) in [4.78, 5) is 12.3. The number of hydrogen-bond donors (Lipinski definition) is 0. The molecule has 0 aliphatic rings. The van der Waals surface area contributed by atoms with Gasteiger partial charge in [0, 0.05) is 0 Å². The highest BCUT2D eigenvalue weighted by Gasteiger charge is 2.31. The molecule has 0 fully saturated rings. The number of carbonyl (C=O) groups excluding carboxylic acids is 1. The van der Waals surface area contributed by atoms with E-state index >= 15 is 0 Å². The van der Waals surface area contributed by atoms with Crippen molar-refractivity contribution in [2.45, 2.75) is 12.1 Å². The Labute approximate surface area is 181 Å². The molecular weight excluding hydrogens is 431 g/mol.